The fourth-order valence-corrected chi connectivity index (χ4v) is 2.04. The van der Waals surface area contributed by atoms with Crippen LogP contribution < -0.4 is 5.32 Å². The third-order valence-electron chi connectivity index (χ3n) is 3.26. The normalized spacial score (nSPS) is 12.3. The van der Waals surface area contributed by atoms with Gasteiger partial charge in [0.15, 0.2) is 0 Å². The molecule has 0 fully saturated rings. The van der Waals surface area contributed by atoms with E-state index in [0.29, 0.717) is 5.56 Å². The molecule has 0 aromatic heterocycles. The molecule has 5 heteroatoms. The third-order valence-corrected chi connectivity index (χ3v) is 3.26. The maximum Gasteiger partial charge on any atom is 0.223 e. The molecule has 3 nitrogen and oxygen atoms in total. The van der Waals surface area contributed by atoms with E-state index in [2.05, 4.69) is 5.32 Å². The van der Waals surface area contributed by atoms with Crippen LogP contribution in [-0.2, 0) is 4.79 Å². The molecule has 1 amide bonds. The second-order valence-electron chi connectivity index (χ2n) is 4.97. The Labute approximate surface area is 133 Å². The maximum absolute atomic E-state index is 13.5. The van der Waals surface area contributed by atoms with Crippen LogP contribution in [-0.4, -0.2) is 17.6 Å². The molecule has 0 radical (unpaired) electrons. The van der Waals surface area contributed by atoms with Crippen molar-refractivity contribution in [2.24, 2.45) is 0 Å². The predicted molar refractivity (Wildman–Crippen MR) is 84.4 cm³/mol. The standard InChI is InChI=1S/C18H17F2NO2/c19-15-9-3-1-6-13(15)7-5-11-18(23)21-12-17(22)14-8-2-4-10-16(14)20/h1-10,17,22H,11-12H2,(H,21,23)/b7-5+. The summed E-state index contributed by atoms with van der Waals surface area (Å²) in [6.07, 6.45) is 1.97. The molecular weight excluding hydrogens is 300 g/mol. The number of benzene rings is 2. The van der Waals surface area contributed by atoms with Gasteiger partial charge in [-0.1, -0.05) is 48.6 Å². The molecule has 1 atom stereocenters. The molecule has 120 valence electrons. The van der Waals surface area contributed by atoms with Gasteiger partial charge in [0.25, 0.3) is 0 Å². The van der Waals surface area contributed by atoms with Crippen molar-refractivity contribution in [3.63, 3.8) is 0 Å². The van der Waals surface area contributed by atoms with Gasteiger partial charge < -0.3 is 10.4 Å². The Bertz CT molecular complexity index is 701. The lowest BCUT2D eigenvalue weighted by Gasteiger charge is -2.12. The van der Waals surface area contributed by atoms with Crippen molar-refractivity contribution in [1.29, 1.82) is 0 Å². The highest BCUT2D eigenvalue weighted by molar-refractivity contribution is 5.78. The summed E-state index contributed by atoms with van der Waals surface area (Å²) in [6, 6.07) is 12.1. The summed E-state index contributed by atoms with van der Waals surface area (Å²) >= 11 is 0. The first-order valence-electron chi connectivity index (χ1n) is 7.18. The summed E-state index contributed by atoms with van der Waals surface area (Å²) in [5.41, 5.74) is 0.529. The van der Waals surface area contributed by atoms with Gasteiger partial charge in [0.05, 0.1) is 6.10 Å². The minimum Gasteiger partial charge on any atom is -0.386 e. The van der Waals surface area contributed by atoms with Gasteiger partial charge in [0, 0.05) is 24.1 Å². The zero-order valence-corrected chi connectivity index (χ0v) is 12.4. The molecule has 0 bridgehead atoms. The monoisotopic (exact) mass is 317 g/mol. The van der Waals surface area contributed by atoms with E-state index in [4.69, 9.17) is 0 Å². The number of hydrogen-bond acceptors (Lipinski definition) is 2. The molecule has 2 aromatic rings. The first-order valence-corrected chi connectivity index (χ1v) is 7.18. The highest BCUT2D eigenvalue weighted by atomic mass is 19.1. The van der Waals surface area contributed by atoms with Crippen molar-refractivity contribution in [2.75, 3.05) is 6.54 Å². The Morgan fingerprint density at radius 3 is 2.43 bits per heavy atom. The van der Waals surface area contributed by atoms with E-state index in [0.717, 1.165) is 0 Å². The second kappa shape index (κ2) is 8.19. The van der Waals surface area contributed by atoms with Crippen LogP contribution >= 0.6 is 0 Å². The van der Waals surface area contributed by atoms with Crippen molar-refractivity contribution in [3.8, 4) is 0 Å². The molecule has 23 heavy (non-hydrogen) atoms. The summed E-state index contributed by atoms with van der Waals surface area (Å²) in [4.78, 5) is 11.7. The zero-order chi connectivity index (χ0) is 16.7. The van der Waals surface area contributed by atoms with Gasteiger partial charge in [0.1, 0.15) is 11.6 Å². The summed E-state index contributed by atoms with van der Waals surface area (Å²) in [5, 5.41) is 12.4. The van der Waals surface area contributed by atoms with Gasteiger partial charge in [-0.3, -0.25) is 4.79 Å². The topological polar surface area (TPSA) is 49.3 Å². The average Bonchev–Trinajstić information content (AvgIpc) is 2.55. The van der Waals surface area contributed by atoms with Gasteiger partial charge in [0.2, 0.25) is 5.91 Å². The number of carbonyl (C=O) groups excluding carboxylic acids is 1. The van der Waals surface area contributed by atoms with Crippen LogP contribution in [0.4, 0.5) is 8.78 Å². The van der Waals surface area contributed by atoms with Gasteiger partial charge in [-0.15, -0.1) is 0 Å². The molecule has 0 saturated carbocycles. The fraction of sp³-hybridized carbons (Fsp3) is 0.167. The molecule has 2 rings (SSSR count). The molecule has 2 N–H and O–H groups in total. The largest absolute Gasteiger partial charge is 0.386 e. The minimum atomic E-state index is -1.12. The van der Waals surface area contributed by atoms with Crippen LogP contribution in [0.25, 0.3) is 6.08 Å². The van der Waals surface area contributed by atoms with Crippen LogP contribution in [0.2, 0.25) is 0 Å². The molecule has 0 spiro atoms. The van der Waals surface area contributed by atoms with Gasteiger partial charge in [-0.25, -0.2) is 8.78 Å². The van der Waals surface area contributed by atoms with E-state index in [-0.39, 0.29) is 30.3 Å². The molecule has 0 heterocycles. The van der Waals surface area contributed by atoms with Crippen molar-refractivity contribution in [3.05, 3.63) is 77.4 Å². The maximum atomic E-state index is 13.5. The van der Waals surface area contributed by atoms with Crippen molar-refractivity contribution >= 4 is 12.0 Å². The lowest BCUT2D eigenvalue weighted by atomic mass is 10.1. The van der Waals surface area contributed by atoms with Crippen LogP contribution in [0, 0.1) is 11.6 Å². The Morgan fingerprint density at radius 2 is 1.74 bits per heavy atom. The van der Waals surface area contributed by atoms with Gasteiger partial charge in [-0.2, -0.15) is 0 Å². The number of aliphatic hydroxyl groups excluding tert-OH is 1. The molecule has 0 aliphatic heterocycles. The Kier molecular flexibility index (Phi) is 6.00. The SMILES string of the molecule is O=C(C/C=C/c1ccccc1F)NCC(O)c1ccccc1F. The van der Waals surface area contributed by atoms with E-state index in [9.17, 15) is 18.7 Å². The van der Waals surface area contributed by atoms with Gasteiger partial charge >= 0.3 is 0 Å². The van der Waals surface area contributed by atoms with E-state index < -0.39 is 11.9 Å². The number of amides is 1. The van der Waals surface area contributed by atoms with Crippen LogP contribution in [0.3, 0.4) is 0 Å². The number of halogens is 2. The number of aliphatic hydroxyl groups is 1. The third kappa shape index (κ3) is 5.00. The number of hydrogen-bond donors (Lipinski definition) is 2. The quantitative estimate of drug-likeness (QED) is 0.859. The molecule has 1 unspecified atom stereocenters. The smallest absolute Gasteiger partial charge is 0.223 e. The molecule has 0 aliphatic rings. The lowest BCUT2D eigenvalue weighted by Crippen LogP contribution is -2.28. The Morgan fingerprint density at radius 1 is 1.09 bits per heavy atom. The van der Waals surface area contributed by atoms with Crippen LogP contribution in [0.5, 0.6) is 0 Å². The van der Waals surface area contributed by atoms with Crippen molar-refractivity contribution in [1.82, 2.24) is 5.32 Å². The molecule has 2 aromatic carbocycles. The number of rotatable bonds is 6. The molecule has 0 aliphatic carbocycles. The van der Waals surface area contributed by atoms with E-state index >= 15 is 0 Å². The summed E-state index contributed by atoms with van der Waals surface area (Å²) < 4.78 is 26.8. The Balaban J connectivity index is 1.81. The zero-order valence-electron chi connectivity index (χ0n) is 12.4. The minimum absolute atomic E-state index is 0.0400. The predicted octanol–water partition coefficient (Wildman–Crippen LogP) is 3.22. The summed E-state index contributed by atoms with van der Waals surface area (Å²) in [5.74, 6) is -1.22. The molecule has 0 saturated heterocycles. The van der Waals surface area contributed by atoms with Crippen LogP contribution in [0.1, 0.15) is 23.7 Å². The second-order valence-corrected chi connectivity index (χ2v) is 4.97. The van der Waals surface area contributed by atoms with Crippen LogP contribution in [0.15, 0.2) is 54.6 Å². The number of carbonyl (C=O) groups is 1. The highest BCUT2D eigenvalue weighted by Gasteiger charge is 2.12. The van der Waals surface area contributed by atoms with E-state index in [1.807, 2.05) is 0 Å². The van der Waals surface area contributed by atoms with Crippen molar-refractivity contribution in [2.45, 2.75) is 12.5 Å². The van der Waals surface area contributed by atoms with E-state index in [1.165, 1.54) is 36.4 Å². The first kappa shape index (κ1) is 16.8. The number of nitrogens with one attached hydrogen (secondary N) is 1. The first-order chi connectivity index (χ1) is 11.1. The molecular formula is C18H17F2NO2. The van der Waals surface area contributed by atoms with Gasteiger partial charge in [-0.05, 0) is 12.1 Å². The highest BCUT2D eigenvalue weighted by Crippen LogP contribution is 2.15. The Hall–Kier alpha value is -2.53. The summed E-state index contributed by atoms with van der Waals surface area (Å²) in [6.45, 7) is -0.0900. The average molecular weight is 317 g/mol. The fourth-order valence-electron chi connectivity index (χ4n) is 2.04. The lowest BCUT2D eigenvalue weighted by molar-refractivity contribution is -0.120. The summed E-state index contributed by atoms with van der Waals surface area (Å²) in [7, 11) is 0. The van der Waals surface area contributed by atoms with E-state index in [1.54, 1.807) is 24.3 Å². The van der Waals surface area contributed by atoms with Crippen molar-refractivity contribution < 1.29 is 18.7 Å².